The van der Waals surface area contributed by atoms with Crippen molar-refractivity contribution in [3.8, 4) is 11.1 Å². The van der Waals surface area contributed by atoms with Crippen LogP contribution >= 0.6 is 0 Å². The molecule has 0 fully saturated rings. The molecule has 0 unspecified atom stereocenters. The number of benzene rings is 4. The van der Waals surface area contributed by atoms with Gasteiger partial charge in [0.2, 0.25) is 11.6 Å². The highest BCUT2D eigenvalue weighted by molar-refractivity contribution is 6.57. The number of hydrogen-bond acceptors (Lipinski definition) is 2. The predicted molar refractivity (Wildman–Crippen MR) is 95.6 cm³/mol. The summed E-state index contributed by atoms with van der Waals surface area (Å²) in [5.41, 5.74) is 3.21. The van der Waals surface area contributed by atoms with Crippen molar-refractivity contribution in [1.29, 1.82) is 0 Å². The summed E-state index contributed by atoms with van der Waals surface area (Å²) in [6, 6.07) is 23.8. The van der Waals surface area contributed by atoms with Crippen molar-refractivity contribution in [1.82, 2.24) is 0 Å². The second-order valence-corrected chi connectivity index (χ2v) is 6.07. The zero-order chi connectivity index (χ0) is 16.3. The van der Waals surface area contributed by atoms with Gasteiger partial charge in [0, 0.05) is 16.5 Å². The van der Waals surface area contributed by atoms with Crippen LogP contribution in [-0.4, -0.2) is 11.6 Å². The molecule has 0 heterocycles. The van der Waals surface area contributed by atoms with E-state index in [1.54, 1.807) is 12.1 Å². The smallest absolute Gasteiger partial charge is 0.234 e. The molecule has 0 N–H and O–H groups in total. The van der Waals surface area contributed by atoms with Crippen molar-refractivity contribution in [2.45, 2.75) is 0 Å². The van der Waals surface area contributed by atoms with Gasteiger partial charge < -0.3 is 0 Å². The van der Waals surface area contributed by atoms with Crippen LogP contribution in [0, 0.1) is 0 Å². The SMILES string of the molecule is O=C1C(=O)c2ccc(-c3cccc4ccccc34)c3cccc1c23. The van der Waals surface area contributed by atoms with E-state index < -0.39 is 11.6 Å². The van der Waals surface area contributed by atoms with Crippen LogP contribution in [0.4, 0.5) is 0 Å². The molecule has 1 aliphatic carbocycles. The first kappa shape index (κ1) is 13.2. The highest BCUT2D eigenvalue weighted by Gasteiger charge is 2.31. The van der Waals surface area contributed by atoms with Crippen molar-refractivity contribution in [3.05, 3.63) is 83.9 Å². The Labute approximate surface area is 138 Å². The fourth-order valence-electron chi connectivity index (χ4n) is 3.72. The Kier molecular flexibility index (Phi) is 2.54. The zero-order valence-corrected chi connectivity index (χ0v) is 12.7. The molecule has 0 amide bonds. The number of Topliss-reactive ketones (excluding diaryl/α,β-unsaturated/α-hetero) is 2. The summed E-state index contributed by atoms with van der Waals surface area (Å²) in [6.07, 6.45) is 0. The third-order valence-corrected chi connectivity index (χ3v) is 4.82. The molecular weight excluding hydrogens is 296 g/mol. The van der Waals surface area contributed by atoms with Crippen molar-refractivity contribution < 1.29 is 9.59 Å². The first-order valence-electron chi connectivity index (χ1n) is 7.88. The van der Waals surface area contributed by atoms with E-state index in [9.17, 15) is 9.59 Å². The Balaban J connectivity index is 1.93. The van der Waals surface area contributed by atoms with Gasteiger partial charge in [-0.05, 0) is 33.4 Å². The number of hydrogen-bond donors (Lipinski definition) is 0. The lowest BCUT2D eigenvalue weighted by atomic mass is 9.92. The third-order valence-electron chi connectivity index (χ3n) is 4.82. The molecular formula is C22H12O2. The molecule has 0 saturated heterocycles. The highest BCUT2D eigenvalue weighted by Crippen LogP contribution is 2.39. The van der Waals surface area contributed by atoms with Gasteiger partial charge in [0.05, 0.1) is 0 Å². The van der Waals surface area contributed by atoms with Crippen molar-refractivity contribution in [3.63, 3.8) is 0 Å². The first-order chi connectivity index (χ1) is 11.8. The number of carbonyl (C=O) groups excluding carboxylic acids is 2. The van der Waals surface area contributed by atoms with Crippen LogP contribution in [0.1, 0.15) is 20.7 Å². The molecule has 0 aromatic heterocycles. The maximum absolute atomic E-state index is 12.2. The zero-order valence-electron chi connectivity index (χ0n) is 12.7. The summed E-state index contributed by atoms with van der Waals surface area (Å²) < 4.78 is 0. The fourth-order valence-corrected chi connectivity index (χ4v) is 3.72. The predicted octanol–water partition coefficient (Wildman–Crippen LogP) is 5.04. The van der Waals surface area contributed by atoms with E-state index in [1.807, 2.05) is 36.4 Å². The van der Waals surface area contributed by atoms with Gasteiger partial charge in [-0.1, -0.05) is 66.7 Å². The topological polar surface area (TPSA) is 34.1 Å². The van der Waals surface area contributed by atoms with Gasteiger partial charge in [0.1, 0.15) is 0 Å². The van der Waals surface area contributed by atoms with E-state index in [0.29, 0.717) is 11.1 Å². The van der Waals surface area contributed by atoms with E-state index in [0.717, 1.165) is 27.3 Å². The Bertz CT molecular complexity index is 1160. The van der Waals surface area contributed by atoms with E-state index in [-0.39, 0.29) is 0 Å². The van der Waals surface area contributed by atoms with Crippen LogP contribution in [0.25, 0.3) is 32.7 Å². The average Bonchev–Trinajstić information content (AvgIpc) is 2.88. The third kappa shape index (κ3) is 1.60. The van der Waals surface area contributed by atoms with E-state index >= 15 is 0 Å². The summed E-state index contributed by atoms with van der Waals surface area (Å²) in [5.74, 6) is -0.795. The second kappa shape index (κ2) is 4.62. The Morgan fingerprint density at radius 1 is 0.458 bits per heavy atom. The van der Waals surface area contributed by atoms with Crippen molar-refractivity contribution in [2.75, 3.05) is 0 Å². The molecule has 0 bridgehead atoms. The number of fused-ring (bicyclic) bond motifs is 1. The average molecular weight is 308 g/mol. The molecule has 1 aliphatic rings. The van der Waals surface area contributed by atoms with Gasteiger partial charge in [0.25, 0.3) is 0 Å². The maximum Gasteiger partial charge on any atom is 0.234 e. The van der Waals surface area contributed by atoms with E-state index in [1.165, 1.54) is 5.39 Å². The minimum Gasteiger partial charge on any atom is -0.285 e. The lowest BCUT2D eigenvalue weighted by Gasteiger charge is -2.11. The van der Waals surface area contributed by atoms with Crippen LogP contribution in [0.15, 0.2) is 72.8 Å². The van der Waals surface area contributed by atoms with Gasteiger partial charge in [-0.15, -0.1) is 0 Å². The number of ketones is 2. The van der Waals surface area contributed by atoms with Crippen LogP contribution in [0.3, 0.4) is 0 Å². The molecule has 0 atom stereocenters. The Hall–Kier alpha value is -3.26. The molecule has 4 aromatic rings. The van der Waals surface area contributed by atoms with Crippen molar-refractivity contribution >= 4 is 33.1 Å². The molecule has 0 radical (unpaired) electrons. The Morgan fingerprint density at radius 2 is 1.00 bits per heavy atom. The van der Waals surface area contributed by atoms with E-state index in [2.05, 4.69) is 24.3 Å². The minimum atomic E-state index is -0.398. The summed E-state index contributed by atoms with van der Waals surface area (Å²) in [7, 11) is 0. The van der Waals surface area contributed by atoms with Crippen LogP contribution < -0.4 is 0 Å². The molecule has 0 spiro atoms. The quantitative estimate of drug-likeness (QED) is 0.462. The van der Waals surface area contributed by atoms with Gasteiger partial charge in [-0.3, -0.25) is 9.59 Å². The molecule has 112 valence electrons. The molecule has 2 nitrogen and oxygen atoms in total. The minimum absolute atomic E-state index is 0.398. The standard InChI is InChI=1S/C22H12O2/c23-21-18-10-4-9-17-16(11-12-19(20(17)18)22(21)24)15-8-3-6-13-5-1-2-7-14(13)15/h1-12H. The number of rotatable bonds is 1. The Morgan fingerprint density at radius 3 is 1.88 bits per heavy atom. The summed E-state index contributed by atoms with van der Waals surface area (Å²) in [5, 5.41) is 4.08. The summed E-state index contributed by atoms with van der Waals surface area (Å²) in [4.78, 5) is 24.4. The van der Waals surface area contributed by atoms with E-state index in [4.69, 9.17) is 0 Å². The van der Waals surface area contributed by atoms with Crippen LogP contribution in [0.5, 0.6) is 0 Å². The second-order valence-electron chi connectivity index (χ2n) is 6.07. The molecule has 24 heavy (non-hydrogen) atoms. The van der Waals surface area contributed by atoms with Gasteiger partial charge in [-0.2, -0.15) is 0 Å². The lowest BCUT2D eigenvalue weighted by Crippen LogP contribution is -2.05. The largest absolute Gasteiger partial charge is 0.285 e. The summed E-state index contributed by atoms with van der Waals surface area (Å²) >= 11 is 0. The van der Waals surface area contributed by atoms with Crippen LogP contribution in [0.2, 0.25) is 0 Å². The summed E-state index contributed by atoms with van der Waals surface area (Å²) in [6.45, 7) is 0. The van der Waals surface area contributed by atoms with Crippen LogP contribution in [-0.2, 0) is 0 Å². The van der Waals surface area contributed by atoms with Crippen molar-refractivity contribution in [2.24, 2.45) is 0 Å². The van der Waals surface area contributed by atoms with Gasteiger partial charge in [0.15, 0.2) is 0 Å². The van der Waals surface area contributed by atoms with Gasteiger partial charge >= 0.3 is 0 Å². The molecule has 4 aromatic carbocycles. The normalized spacial score (nSPS) is 13.2. The molecule has 0 saturated carbocycles. The monoisotopic (exact) mass is 308 g/mol. The highest BCUT2D eigenvalue weighted by atomic mass is 16.2. The molecule has 5 rings (SSSR count). The number of carbonyl (C=O) groups is 2. The maximum atomic E-state index is 12.2. The lowest BCUT2D eigenvalue weighted by molar-refractivity contribution is 0.0825. The molecule has 2 heteroatoms. The first-order valence-corrected chi connectivity index (χ1v) is 7.88. The fraction of sp³-hybridized carbons (Fsp3) is 0. The molecule has 0 aliphatic heterocycles. The van der Waals surface area contributed by atoms with Gasteiger partial charge in [-0.25, -0.2) is 0 Å².